The molecule has 0 N–H and O–H groups in total. The molecular weight excluding hydrogens is 223 g/mol. The number of nitrogens with zero attached hydrogens (tertiary/aromatic N) is 2. The minimum absolute atomic E-state index is 0. The van der Waals surface area contributed by atoms with E-state index in [0.717, 1.165) is 11.1 Å². The van der Waals surface area contributed by atoms with E-state index in [9.17, 15) is 0 Å². The third-order valence-corrected chi connectivity index (χ3v) is 1.84. The van der Waals surface area contributed by atoms with E-state index in [1.54, 1.807) is 0 Å². The molecule has 66 valence electrons. The van der Waals surface area contributed by atoms with Gasteiger partial charge in [-0.15, -0.1) is 10.2 Å². The standard InChI is InChI=1S/C9H8N2OS.K/c1-6-3-2-4-7(5-6)8-10-11-9(13)12-8;/h2-5H,1H3,(H,11,13);/q;+1/p-1. The molecule has 0 aliphatic heterocycles. The zero-order valence-corrected chi connectivity index (χ0v) is 12.0. The maximum absolute atomic E-state index is 5.12. The van der Waals surface area contributed by atoms with Gasteiger partial charge in [0.25, 0.3) is 0 Å². The van der Waals surface area contributed by atoms with Crippen LogP contribution in [0.25, 0.3) is 11.5 Å². The Morgan fingerprint density at radius 3 is 2.64 bits per heavy atom. The summed E-state index contributed by atoms with van der Waals surface area (Å²) >= 11 is 4.73. The van der Waals surface area contributed by atoms with E-state index in [0.29, 0.717) is 5.89 Å². The fourth-order valence-corrected chi connectivity index (χ4v) is 1.22. The van der Waals surface area contributed by atoms with Gasteiger partial charge in [-0.1, -0.05) is 17.7 Å². The molecular formula is C9H7KN2OS. The number of aromatic nitrogens is 2. The summed E-state index contributed by atoms with van der Waals surface area (Å²) in [6, 6.07) is 7.84. The van der Waals surface area contributed by atoms with Crippen LogP contribution in [0.5, 0.6) is 0 Å². The molecule has 1 aromatic carbocycles. The molecule has 0 bridgehead atoms. The van der Waals surface area contributed by atoms with E-state index in [2.05, 4.69) is 10.2 Å². The van der Waals surface area contributed by atoms with E-state index in [4.69, 9.17) is 17.0 Å². The van der Waals surface area contributed by atoms with E-state index in [1.165, 1.54) is 0 Å². The van der Waals surface area contributed by atoms with E-state index in [1.807, 2.05) is 31.2 Å². The second-order valence-corrected chi connectivity index (χ2v) is 3.09. The number of benzene rings is 1. The second-order valence-electron chi connectivity index (χ2n) is 2.74. The second kappa shape index (κ2) is 5.34. The van der Waals surface area contributed by atoms with Gasteiger partial charge in [0.1, 0.15) is 0 Å². The van der Waals surface area contributed by atoms with Crippen LogP contribution in [0.3, 0.4) is 0 Å². The molecule has 0 atom stereocenters. The van der Waals surface area contributed by atoms with Gasteiger partial charge >= 0.3 is 51.4 Å². The molecule has 0 unspecified atom stereocenters. The summed E-state index contributed by atoms with van der Waals surface area (Å²) in [5.41, 5.74) is 2.06. The van der Waals surface area contributed by atoms with Crippen LogP contribution in [-0.4, -0.2) is 10.2 Å². The molecule has 14 heavy (non-hydrogen) atoms. The molecule has 0 aliphatic carbocycles. The normalized spacial score (nSPS) is 9.50. The molecule has 0 saturated heterocycles. The first-order valence-electron chi connectivity index (χ1n) is 3.83. The Morgan fingerprint density at radius 1 is 1.29 bits per heavy atom. The van der Waals surface area contributed by atoms with Crippen molar-refractivity contribution >= 4 is 12.6 Å². The average Bonchev–Trinajstić information content (AvgIpc) is 2.52. The van der Waals surface area contributed by atoms with E-state index in [-0.39, 0.29) is 56.6 Å². The zero-order valence-electron chi connectivity index (χ0n) is 8.02. The van der Waals surface area contributed by atoms with E-state index < -0.39 is 0 Å². The molecule has 2 rings (SSSR count). The molecule has 2 aromatic rings. The minimum atomic E-state index is 0. The maximum Gasteiger partial charge on any atom is 1.00 e. The summed E-state index contributed by atoms with van der Waals surface area (Å²) in [7, 11) is 0. The number of hydrogen-bond donors (Lipinski definition) is 0. The predicted octanol–water partition coefficient (Wildman–Crippen LogP) is -1.05. The first kappa shape index (κ1) is 12.3. The third-order valence-electron chi connectivity index (χ3n) is 1.67. The topological polar surface area (TPSA) is 38.9 Å². The largest absolute Gasteiger partial charge is 1.00 e. The van der Waals surface area contributed by atoms with Crippen molar-refractivity contribution in [2.45, 2.75) is 12.1 Å². The first-order chi connectivity index (χ1) is 6.25. The van der Waals surface area contributed by atoms with Crippen LogP contribution in [0.4, 0.5) is 0 Å². The third kappa shape index (κ3) is 2.85. The van der Waals surface area contributed by atoms with Gasteiger partial charge in [-0.2, -0.15) is 0 Å². The average molecular weight is 230 g/mol. The molecule has 5 heteroatoms. The quantitative estimate of drug-likeness (QED) is 0.463. The Kier molecular flexibility index (Phi) is 4.69. The van der Waals surface area contributed by atoms with Crippen LogP contribution in [0.2, 0.25) is 0 Å². The predicted molar refractivity (Wildman–Crippen MR) is 50.1 cm³/mol. The number of aryl methyl sites for hydroxylation is 1. The van der Waals surface area contributed by atoms with Gasteiger partial charge in [-0.05, 0) is 19.1 Å². The summed E-state index contributed by atoms with van der Waals surface area (Å²) in [4.78, 5) is 0. The van der Waals surface area contributed by atoms with Crippen molar-refractivity contribution in [1.82, 2.24) is 10.2 Å². The van der Waals surface area contributed by atoms with Crippen LogP contribution in [0, 0.1) is 6.92 Å². The van der Waals surface area contributed by atoms with E-state index >= 15 is 0 Å². The Morgan fingerprint density at radius 2 is 2.07 bits per heavy atom. The zero-order chi connectivity index (χ0) is 9.26. The van der Waals surface area contributed by atoms with Gasteiger partial charge in [0, 0.05) is 5.56 Å². The van der Waals surface area contributed by atoms with Gasteiger partial charge in [-0.3, -0.25) is 0 Å². The molecule has 1 aromatic heterocycles. The summed E-state index contributed by atoms with van der Waals surface area (Å²) in [6.07, 6.45) is 0. The summed E-state index contributed by atoms with van der Waals surface area (Å²) in [5, 5.41) is 7.60. The van der Waals surface area contributed by atoms with Crippen LogP contribution >= 0.6 is 0 Å². The van der Waals surface area contributed by atoms with Crippen LogP contribution in [0.1, 0.15) is 5.56 Å². The minimum Gasteiger partial charge on any atom is -0.719 e. The molecule has 1 heterocycles. The van der Waals surface area contributed by atoms with Crippen molar-refractivity contribution in [1.29, 1.82) is 0 Å². The molecule has 0 saturated carbocycles. The van der Waals surface area contributed by atoms with Crippen LogP contribution in [0.15, 0.2) is 33.9 Å². The maximum atomic E-state index is 5.12. The molecule has 0 spiro atoms. The van der Waals surface area contributed by atoms with Crippen molar-refractivity contribution in [2.24, 2.45) is 0 Å². The van der Waals surface area contributed by atoms with Crippen molar-refractivity contribution in [3.8, 4) is 11.5 Å². The van der Waals surface area contributed by atoms with Gasteiger partial charge in [0.2, 0.25) is 5.89 Å². The summed E-state index contributed by atoms with van der Waals surface area (Å²) in [6.45, 7) is 2.01. The summed E-state index contributed by atoms with van der Waals surface area (Å²) in [5.74, 6) is 0.480. The Labute approximate surface area is 130 Å². The van der Waals surface area contributed by atoms with Gasteiger partial charge in [0.05, 0.1) is 5.22 Å². The Bertz CT molecular complexity index is 430. The van der Waals surface area contributed by atoms with Crippen molar-refractivity contribution in [2.75, 3.05) is 0 Å². The van der Waals surface area contributed by atoms with Gasteiger partial charge in [-0.25, -0.2) is 0 Å². The Balaban J connectivity index is 0.000000980. The van der Waals surface area contributed by atoms with Crippen molar-refractivity contribution in [3.63, 3.8) is 0 Å². The summed E-state index contributed by atoms with van der Waals surface area (Å²) < 4.78 is 5.12. The molecule has 0 fully saturated rings. The fraction of sp³-hybridized carbons (Fsp3) is 0.111. The monoisotopic (exact) mass is 230 g/mol. The SMILES string of the molecule is Cc1cccc(-c2nnc([S-])o2)c1.[K+]. The van der Waals surface area contributed by atoms with Crippen molar-refractivity contribution < 1.29 is 55.8 Å². The molecule has 0 radical (unpaired) electrons. The first-order valence-corrected chi connectivity index (χ1v) is 4.24. The number of hydrogen-bond acceptors (Lipinski definition) is 4. The van der Waals surface area contributed by atoms with Crippen LogP contribution in [-0.2, 0) is 12.6 Å². The smallest absolute Gasteiger partial charge is 0.719 e. The van der Waals surface area contributed by atoms with Gasteiger partial charge in [0.15, 0.2) is 0 Å². The van der Waals surface area contributed by atoms with Crippen LogP contribution < -0.4 is 51.4 Å². The molecule has 0 amide bonds. The molecule has 3 nitrogen and oxygen atoms in total. The van der Waals surface area contributed by atoms with Crippen molar-refractivity contribution in [3.05, 3.63) is 29.8 Å². The number of rotatable bonds is 1. The van der Waals surface area contributed by atoms with Gasteiger partial charge < -0.3 is 17.0 Å². The molecule has 0 aliphatic rings. The fourth-order valence-electron chi connectivity index (χ4n) is 1.10. The Hall–Kier alpha value is 0.216.